The molecule has 0 spiro atoms. The van der Waals surface area contributed by atoms with Crippen molar-refractivity contribution in [2.24, 2.45) is 0 Å². The van der Waals surface area contributed by atoms with Crippen LogP contribution in [0.15, 0.2) is 24.3 Å². The quantitative estimate of drug-likeness (QED) is 0.255. The van der Waals surface area contributed by atoms with Gasteiger partial charge in [0.15, 0.2) is 17.6 Å². The molecule has 4 heteroatoms. The van der Waals surface area contributed by atoms with E-state index >= 15 is 0 Å². The van der Waals surface area contributed by atoms with E-state index in [1.54, 1.807) is 0 Å². The van der Waals surface area contributed by atoms with E-state index in [9.17, 15) is 0 Å². The molecule has 2 rings (SSSR count). The third-order valence-electron chi connectivity index (χ3n) is 6.55. The van der Waals surface area contributed by atoms with Crippen molar-refractivity contribution in [3.8, 4) is 11.5 Å². The number of quaternary nitrogens is 1. The first-order valence-corrected chi connectivity index (χ1v) is 12.0. The van der Waals surface area contributed by atoms with Gasteiger partial charge in [0, 0.05) is 6.61 Å². The van der Waals surface area contributed by atoms with Crippen molar-refractivity contribution in [1.29, 1.82) is 0 Å². The predicted octanol–water partition coefficient (Wildman–Crippen LogP) is 5.84. The fourth-order valence-electron chi connectivity index (χ4n) is 4.22. The molecule has 1 aliphatic heterocycles. The van der Waals surface area contributed by atoms with Crippen LogP contribution in [0.1, 0.15) is 72.1 Å². The Kier molecular flexibility index (Phi) is 11.5. The zero-order valence-corrected chi connectivity index (χ0v) is 19.2. The van der Waals surface area contributed by atoms with Crippen LogP contribution in [0, 0.1) is 0 Å². The number of ether oxygens (including phenoxy) is 3. The number of unbranched alkanes of at least 4 members (excludes halogenated alkanes) is 7. The largest absolute Gasteiger partial charge is 0.486 e. The SMILES string of the molecule is CC[N+](CC)(CC)CCCCCCCCCCOCC1COc2ccccc2O1. The lowest BCUT2D eigenvalue weighted by Crippen LogP contribution is -2.48. The van der Waals surface area contributed by atoms with Crippen LogP contribution >= 0.6 is 0 Å². The molecule has 0 saturated carbocycles. The fraction of sp³-hybridized carbons (Fsp3) is 0.760. The Morgan fingerprint density at radius 3 is 2.07 bits per heavy atom. The van der Waals surface area contributed by atoms with Gasteiger partial charge in [-0.05, 0) is 52.2 Å². The minimum absolute atomic E-state index is 0.00961. The minimum Gasteiger partial charge on any atom is -0.486 e. The maximum Gasteiger partial charge on any atom is 0.161 e. The maximum absolute atomic E-state index is 5.91. The molecule has 0 fully saturated rings. The van der Waals surface area contributed by atoms with Crippen LogP contribution in [0.4, 0.5) is 0 Å². The topological polar surface area (TPSA) is 27.7 Å². The Labute approximate surface area is 179 Å². The van der Waals surface area contributed by atoms with Gasteiger partial charge in [0.2, 0.25) is 0 Å². The van der Waals surface area contributed by atoms with Crippen molar-refractivity contribution in [3.63, 3.8) is 0 Å². The molecule has 1 heterocycles. The molecular formula is C25H44NO3+. The molecule has 0 bridgehead atoms. The van der Waals surface area contributed by atoms with Gasteiger partial charge in [0.05, 0.1) is 32.8 Å². The van der Waals surface area contributed by atoms with Gasteiger partial charge in [0.25, 0.3) is 0 Å². The number of hydrogen-bond donors (Lipinski definition) is 0. The summed E-state index contributed by atoms with van der Waals surface area (Å²) >= 11 is 0. The Morgan fingerprint density at radius 1 is 0.828 bits per heavy atom. The van der Waals surface area contributed by atoms with E-state index in [0.29, 0.717) is 13.2 Å². The van der Waals surface area contributed by atoms with E-state index in [2.05, 4.69) is 20.8 Å². The Balaban J connectivity index is 1.38. The van der Waals surface area contributed by atoms with Gasteiger partial charge in [-0.15, -0.1) is 0 Å². The second kappa shape index (κ2) is 13.9. The normalized spacial score (nSPS) is 16.2. The Bertz CT molecular complexity index is 536. The summed E-state index contributed by atoms with van der Waals surface area (Å²) in [5, 5.41) is 0. The molecule has 1 unspecified atom stereocenters. The third-order valence-corrected chi connectivity index (χ3v) is 6.55. The third kappa shape index (κ3) is 8.55. The van der Waals surface area contributed by atoms with Crippen molar-refractivity contribution >= 4 is 0 Å². The highest BCUT2D eigenvalue weighted by Crippen LogP contribution is 2.30. The predicted molar refractivity (Wildman–Crippen MR) is 121 cm³/mol. The number of rotatable bonds is 16. The van der Waals surface area contributed by atoms with Gasteiger partial charge < -0.3 is 18.7 Å². The number of para-hydroxylation sites is 2. The fourth-order valence-corrected chi connectivity index (χ4v) is 4.22. The lowest BCUT2D eigenvalue weighted by Gasteiger charge is -2.35. The van der Waals surface area contributed by atoms with Crippen molar-refractivity contribution in [3.05, 3.63) is 24.3 Å². The molecule has 0 aliphatic carbocycles. The second-order valence-corrected chi connectivity index (χ2v) is 8.41. The van der Waals surface area contributed by atoms with Crippen molar-refractivity contribution in [2.75, 3.05) is 46.0 Å². The monoisotopic (exact) mass is 406 g/mol. The number of benzene rings is 1. The summed E-state index contributed by atoms with van der Waals surface area (Å²) in [6.07, 6.45) is 10.7. The summed E-state index contributed by atoms with van der Waals surface area (Å²) in [5.41, 5.74) is 0. The van der Waals surface area contributed by atoms with E-state index in [1.165, 1.54) is 75.6 Å². The average Bonchev–Trinajstić information content (AvgIpc) is 2.77. The first-order valence-electron chi connectivity index (χ1n) is 12.0. The van der Waals surface area contributed by atoms with Gasteiger partial charge in [-0.25, -0.2) is 0 Å². The molecule has 0 radical (unpaired) electrons. The van der Waals surface area contributed by atoms with Crippen LogP contribution < -0.4 is 9.47 Å². The molecular weight excluding hydrogens is 362 g/mol. The Hall–Kier alpha value is -1.26. The van der Waals surface area contributed by atoms with Crippen LogP contribution in [0.5, 0.6) is 11.5 Å². The van der Waals surface area contributed by atoms with Gasteiger partial charge in [0.1, 0.15) is 6.61 Å². The summed E-state index contributed by atoms with van der Waals surface area (Å²) in [4.78, 5) is 0. The van der Waals surface area contributed by atoms with Gasteiger partial charge in [-0.3, -0.25) is 0 Å². The van der Waals surface area contributed by atoms with Crippen molar-refractivity contribution in [1.82, 2.24) is 0 Å². The number of fused-ring (bicyclic) bond motifs is 1. The maximum atomic E-state index is 5.91. The number of hydrogen-bond acceptors (Lipinski definition) is 3. The van der Waals surface area contributed by atoms with Crippen LogP contribution in [0.25, 0.3) is 0 Å². The number of nitrogens with zero attached hydrogens (tertiary/aromatic N) is 1. The molecule has 1 aliphatic rings. The Morgan fingerprint density at radius 2 is 1.41 bits per heavy atom. The van der Waals surface area contributed by atoms with Crippen LogP contribution in [-0.2, 0) is 4.74 Å². The summed E-state index contributed by atoms with van der Waals surface area (Å²) in [6.45, 7) is 14.2. The highest BCUT2D eigenvalue weighted by Gasteiger charge is 2.20. The van der Waals surface area contributed by atoms with Crippen molar-refractivity contribution < 1.29 is 18.7 Å². The van der Waals surface area contributed by atoms with E-state index in [1.807, 2.05) is 24.3 Å². The van der Waals surface area contributed by atoms with E-state index in [4.69, 9.17) is 14.2 Å². The highest BCUT2D eigenvalue weighted by molar-refractivity contribution is 5.40. The van der Waals surface area contributed by atoms with E-state index in [-0.39, 0.29) is 6.10 Å². The van der Waals surface area contributed by atoms with Crippen molar-refractivity contribution in [2.45, 2.75) is 78.2 Å². The van der Waals surface area contributed by atoms with Gasteiger partial charge in [-0.1, -0.05) is 44.2 Å². The summed E-state index contributed by atoms with van der Waals surface area (Å²) in [6, 6.07) is 7.84. The van der Waals surface area contributed by atoms with Gasteiger partial charge in [-0.2, -0.15) is 0 Å². The van der Waals surface area contributed by atoms with Crippen LogP contribution in [0.2, 0.25) is 0 Å². The minimum atomic E-state index is 0.00961. The van der Waals surface area contributed by atoms with E-state index in [0.717, 1.165) is 24.5 Å². The summed E-state index contributed by atoms with van der Waals surface area (Å²) < 4.78 is 18.7. The zero-order chi connectivity index (χ0) is 20.8. The average molecular weight is 407 g/mol. The molecule has 0 amide bonds. The highest BCUT2D eigenvalue weighted by atomic mass is 16.6. The standard InChI is InChI=1S/C25H44NO3/c1-4-26(5-2,6-3)19-15-11-9-7-8-10-12-16-20-27-21-23-22-28-24-17-13-14-18-25(24)29-23/h13-14,17-18,23H,4-12,15-16,19-22H2,1-3H3/q+1. The molecule has 166 valence electrons. The van der Waals surface area contributed by atoms with Crippen LogP contribution in [0.3, 0.4) is 0 Å². The summed E-state index contributed by atoms with van der Waals surface area (Å²) in [5.74, 6) is 1.67. The molecule has 4 nitrogen and oxygen atoms in total. The molecule has 0 aromatic heterocycles. The zero-order valence-electron chi connectivity index (χ0n) is 19.2. The van der Waals surface area contributed by atoms with Gasteiger partial charge >= 0.3 is 0 Å². The second-order valence-electron chi connectivity index (χ2n) is 8.41. The molecule has 1 atom stereocenters. The lowest BCUT2D eigenvalue weighted by molar-refractivity contribution is -0.923. The molecule has 0 N–H and O–H groups in total. The molecule has 1 aromatic carbocycles. The molecule has 0 saturated heterocycles. The summed E-state index contributed by atoms with van der Waals surface area (Å²) in [7, 11) is 0. The van der Waals surface area contributed by atoms with Crippen LogP contribution in [-0.4, -0.2) is 56.6 Å². The smallest absolute Gasteiger partial charge is 0.161 e. The van der Waals surface area contributed by atoms with E-state index < -0.39 is 0 Å². The first-order chi connectivity index (χ1) is 14.2. The lowest BCUT2D eigenvalue weighted by atomic mass is 10.1. The first kappa shape index (κ1) is 24.0. The molecule has 1 aromatic rings. The molecule has 29 heavy (non-hydrogen) atoms.